The molecule has 124 valence electrons. The first-order chi connectivity index (χ1) is 12.1. The maximum atomic E-state index is 12.8. The number of rotatable bonds is 3. The molecule has 0 bridgehead atoms. The number of halogens is 1. The van der Waals surface area contributed by atoms with Crippen LogP contribution in [0.4, 0.5) is 0 Å². The molecule has 3 heterocycles. The summed E-state index contributed by atoms with van der Waals surface area (Å²) in [4.78, 5) is 12.5. The molecule has 8 heteroatoms. The Morgan fingerprint density at radius 3 is 2.52 bits per heavy atom. The van der Waals surface area contributed by atoms with E-state index in [9.17, 15) is 8.42 Å². The normalized spacial score (nSPS) is 11.7. The van der Waals surface area contributed by atoms with Crippen molar-refractivity contribution in [3.05, 3.63) is 72.4 Å². The molecule has 0 spiro atoms. The zero-order chi connectivity index (χ0) is 17.4. The van der Waals surface area contributed by atoms with Crippen LogP contribution in [0.15, 0.2) is 72.1 Å². The molecule has 0 fully saturated rings. The monoisotopic (exact) mass is 370 g/mol. The number of nitrogens with zero attached hydrogens (tertiary/aromatic N) is 4. The van der Waals surface area contributed by atoms with Crippen molar-refractivity contribution < 1.29 is 8.42 Å². The van der Waals surface area contributed by atoms with Gasteiger partial charge in [0.15, 0.2) is 5.65 Å². The minimum Gasteiger partial charge on any atom is -0.237 e. The Labute approximate surface area is 148 Å². The van der Waals surface area contributed by atoms with Crippen LogP contribution in [0.2, 0.25) is 5.15 Å². The average molecular weight is 371 g/mol. The lowest BCUT2D eigenvalue weighted by atomic mass is 10.2. The van der Waals surface area contributed by atoms with E-state index in [4.69, 9.17) is 11.6 Å². The first kappa shape index (κ1) is 15.7. The maximum Gasteiger partial charge on any atom is 0.269 e. The van der Waals surface area contributed by atoms with Crippen molar-refractivity contribution in [3.63, 3.8) is 0 Å². The topological polar surface area (TPSA) is 77.7 Å². The number of hydrogen-bond donors (Lipinski definition) is 0. The van der Waals surface area contributed by atoms with E-state index in [0.29, 0.717) is 21.9 Å². The molecule has 0 amide bonds. The lowest BCUT2D eigenvalue weighted by Gasteiger charge is -2.07. The van der Waals surface area contributed by atoms with E-state index in [1.165, 1.54) is 16.5 Å². The minimum atomic E-state index is -3.70. The van der Waals surface area contributed by atoms with Crippen molar-refractivity contribution in [3.8, 4) is 11.3 Å². The van der Waals surface area contributed by atoms with Crippen molar-refractivity contribution in [2.75, 3.05) is 0 Å². The predicted molar refractivity (Wildman–Crippen MR) is 94.8 cm³/mol. The molecular weight excluding hydrogens is 360 g/mol. The first-order valence-corrected chi connectivity index (χ1v) is 9.13. The molecule has 6 nitrogen and oxygen atoms in total. The van der Waals surface area contributed by atoms with Crippen molar-refractivity contribution >= 4 is 32.7 Å². The van der Waals surface area contributed by atoms with E-state index in [-0.39, 0.29) is 4.90 Å². The Kier molecular flexibility index (Phi) is 3.74. The van der Waals surface area contributed by atoms with Crippen LogP contribution in [0.3, 0.4) is 0 Å². The van der Waals surface area contributed by atoms with Gasteiger partial charge in [0.25, 0.3) is 10.0 Å². The summed E-state index contributed by atoms with van der Waals surface area (Å²) in [6, 6.07) is 13.4. The number of aromatic nitrogens is 4. The average Bonchev–Trinajstić information content (AvgIpc) is 3.06. The summed E-state index contributed by atoms with van der Waals surface area (Å²) in [7, 11) is -3.70. The fourth-order valence-corrected chi connectivity index (χ4v) is 4.01. The van der Waals surface area contributed by atoms with Gasteiger partial charge in [0, 0.05) is 29.4 Å². The van der Waals surface area contributed by atoms with E-state index in [0.717, 1.165) is 5.56 Å². The van der Waals surface area contributed by atoms with Gasteiger partial charge in [-0.2, -0.15) is 0 Å². The maximum absolute atomic E-state index is 12.8. The van der Waals surface area contributed by atoms with Gasteiger partial charge >= 0.3 is 0 Å². The van der Waals surface area contributed by atoms with Crippen LogP contribution in [-0.2, 0) is 10.0 Å². The van der Waals surface area contributed by atoms with Crippen LogP contribution in [-0.4, -0.2) is 27.3 Å². The molecule has 0 aliphatic rings. The van der Waals surface area contributed by atoms with Crippen LogP contribution in [0.25, 0.3) is 22.3 Å². The van der Waals surface area contributed by atoms with Gasteiger partial charge in [0.1, 0.15) is 11.5 Å². The lowest BCUT2D eigenvalue weighted by Crippen LogP contribution is -2.12. The summed E-state index contributed by atoms with van der Waals surface area (Å²) in [5.74, 6) is 0. The Morgan fingerprint density at radius 2 is 1.76 bits per heavy atom. The van der Waals surface area contributed by atoms with Crippen LogP contribution in [0.5, 0.6) is 0 Å². The quantitative estimate of drug-likeness (QED) is 0.516. The van der Waals surface area contributed by atoms with E-state index in [1.807, 2.05) is 6.07 Å². The molecular formula is C17H11ClN4O2S. The lowest BCUT2D eigenvalue weighted by molar-refractivity contribution is 0.589. The third-order valence-corrected chi connectivity index (χ3v) is 5.61. The summed E-state index contributed by atoms with van der Waals surface area (Å²) in [6.45, 7) is 0. The van der Waals surface area contributed by atoms with Crippen molar-refractivity contribution in [1.82, 2.24) is 18.9 Å². The highest BCUT2D eigenvalue weighted by Crippen LogP contribution is 2.25. The number of hydrogen-bond acceptors (Lipinski definition) is 5. The van der Waals surface area contributed by atoms with Crippen molar-refractivity contribution in [1.29, 1.82) is 0 Å². The molecule has 0 radical (unpaired) electrons. The van der Waals surface area contributed by atoms with Gasteiger partial charge in [-0.15, -0.1) is 0 Å². The molecule has 0 N–H and O–H groups in total. The largest absolute Gasteiger partial charge is 0.269 e. The molecule has 25 heavy (non-hydrogen) atoms. The highest BCUT2D eigenvalue weighted by molar-refractivity contribution is 7.90. The highest BCUT2D eigenvalue weighted by atomic mass is 35.5. The predicted octanol–water partition coefficient (Wildman–Crippen LogP) is 3.38. The van der Waals surface area contributed by atoms with E-state index >= 15 is 0 Å². The van der Waals surface area contributed by atoms with Crippen molar-refractivity contribution in [2.24, 2.45) is 0 Å². The van der Waals surface area contributed by atoms with Crippen LogP contribution < -0.4 is 0 Å². The summed E-state index contributed by atoms with van der Waals surface area (Å²) in [5.41, 5.74) is 1.70. The SMILES string of the molecule is O=S(=O)(c1ccccc1)n1ccc2cc(-c3cc(Cl)ncn3)cnc21. The first-order valence-electron chi connectivity index (χ1n) is 7.31. The van der Waals surface area contributed by atoms with Gasteiger partial charge in [-0.1, -0.05) is 29.8 Å². The smallest absolute Gasteiger partial charge is 0.237 e. The van der Waals surface area contributed by atoms with Gasteiger partial charge < -0.3 is 0 Å². The zero-order valence-corrected chi connectivity index (χ0v) is 14.3. The molecule has 4 rings (SSSR count). The van der Waals surface area contributed by atoms with Crippen LogP contribution >= 0.6 is 11.6 Å². The van der Waals surface area contributed by atoms with Gasteiger partial charge in [-0.25, -0.2) is 27.3 Å². The van der Waals surface area contributed by atoms with Crippen LogP contribution in [0, 0.1) is 0 Å². The fourth-order valence-electron chi connectivity index (χ4n) is 2.53. The Balaban J connectivity index is 1.84. The van der Waals surface area contributed by atoms with Crippen LogP contribution in [0.1, 0.15) is 0 Å². The molecule has 3 aromatic heterocycles. The summed E-state index contributed by atoms with van der Waals surface area (Å²) >= 11 is 5.89. The number of pyridine rings is 1. The third kappa shape index (κ3) is 2.77. The van der Waals surface area contributed by atoms with Gasteiger partial charge in [-0.05, 0) is 24.3 Å². The molecule has 1 aromatic carbocycles. The highest BCUT2D eigenvalue weighted by Gasteiger charge is 2.19. The Morgan fingerprint density at radius 1 is 0.960 bits per heavy atom. The minimum absolute atomic E-state index is 0.209. The molecule has 0 unspecified atom stereocenters. The second-order valence-corrected chi connectivity index (χ2v) is 7.49. The van der Waals surface area contributed by atoms with Gasteiger partial charge in [-0.3, -0.25) is 0 Å². The molecule has 0 saturated carbocycles. The van der Waals surface area contributed by atoms with E-state index in [1.54, 1.807) is 48.7 Å². The third-order valence-electron chi connectivity index (χ3n) is 3.72. The fraction of sp³-hybridized carbons (Fsp3) is 0. The van der Waals surface area contributed by atoms with E-state index < -0.39 is 10.0 Å². The molecule has 0 aliphatic heterocycles. The summed E-state index contributed by atoms with van der Waals surface area (Å²) in [6.07, 6.45) is 4.43. The molecule has 4 aromatic rings. The summed E-state index contributed by atoms with van der Waals surface area (Å²) < 4.78 is 26.8. The van der Waals surface area contributed by atoms with E-state index in [2.05, 4.69) is 15.0 Å². The second kappa shape index (κ2) is 5.94. The molecule has 0 atom stereocenters. The molecule has 0 aliphatic carbocycles. The summed E-state index contributed by atoms with van der Waals surface area (Å²) in [5, 5.41) is 1.01. The number of fused-ring (bicyclic) bond motifs is 1. The second-order valence-electron chi connectivity index (χ2n) is 5.29. The number of benzene rings is 1. The Bertz CT molecular complexity index is 1170. The standard InChI is InChI=1S/C17H11ClN4O2S/c18-16-9-15(20-11-21-16)13-8-12-6-7-22(17(12)19-10-13)25(23,24)14-4-2-1-3-5-14/h1-11H. The molecule has 0 saturated heterocycles. The van der Waals surface area contributed by atoms with Gasteiger partial charge in [0.2, 0.25) is 0 Å². The van der Waals surface area contributed by atoms with Gasteiger partial charge in [0.05, 0.1) is 10.6 Å². The zero-order valence-electron chi connectivity index (χ0n) is 12.7. The Hall–Kier alpha value is -2.77. The van der Waals surface area contributed by atoms with Crippen molar-refractivity contribution in [2.45, 2.75) is 4.90 Å².